The van der Waals surface area contributed by atoms with Gasteiger partial charge < -0.3 is 4.98 Å². The minimum Gasteiger partial charge on any atom is -0.354 e. The molecule has 0 unspecified atom stereocenters. The van der Waals surface area contributed by atoms with Crippen LogP contribution in [0.4, 0.5) is 8.78 Å². The van der Waals surface area contributed by atoms with Gasteiger partial charge in [0.25, 0.3) is 0 Å². The molecular weight excluding hydrogens is 382 g/mol. The fraction of sp³-hybridized carbons (Fsp3) is 0.0833. The van der Waals surface area contributed by atoms with E-state index in [4.69, 9.17) is 5.10 Å². The molecule has 0 amide bonds. The van der Waals surface area contributed by atoms with Gasteiger partial charge in [0.05, 0.1) is 22.6 Å². The Morgan fingerprint density at radius 2 is 1.77 bits per heavy atom. The van der Waals surface area contributed by atoms with Crippen LogP contribution in [0.1, 0.15) is 6.92 Å². The predicted octanol–water partition coefficient (Wildman–Crippen LogP) is 6.06. The van der Waals surface area contributed by atoms with Gasteiger partial charge in [-0.2, -0.15) is 5.10 Å². The van der Waals surface area contributed by atoms with Crippen LogP contribution in [0.25, 0.3) is 44.7 Å². The molecule has 6 heteroatoms. The zero-order chi connectivity index (χ0) is 20.7. The van der Waals surface area contributed by atoms with Crippen LogP contribution in [0.15, 0.2) is 73.1 Å². The van der Waals surface area contributed by atoms with Crippen molar-refractivity contribution in [2.75, 3.05) is 0 Å². The highest BCUT2D eigenvalue weighted by Gasteiger charge is 2.15. The van der Waals surface area contributed by atoms with Crippen LogP contribution < -0.4 is 0 Å². The number of aromatic nitrogens is 4. The molecule has 0 bridgehead atoms. The van der Waals surface area contributed by atoms with E-state index in [9.17, 15) is 8.78 Å². The van der Waals surface area contributed by atoms with Crippen molar-refractivity contribution in [3.63, 3.8) is 0 Å². The maximum Gasteiger partial charge on any atom is 0.135 e. The Labute approximate surface area is 171 Å². The molecular formula is C24H18F2N4. The molecule has 2 aromatic carbocycles. The zero-order valence-corrected chi connectivity index (χ0v) is 16.2. The highest BCUT2D eigenvalue weighted by molar-refractivity contribution is 5.89. The third-order valence-corrected chi connectivity index (χ3v) is 5.19. The van der Waals surface area contributed by atoms with Crippen molar-refractivity contribution in [3.8, 4) is 33.8 Å². The van der Waals surface area contributed by atoms with E-state index in [2.05, 4.69) is 9.97 Å². The summed E-state index contributed by atoms with van der Waals surface area (Å²) < 4.78 is 30.3. The van der Waals surface area contributed by atoms with Gasteiger partial charge >= 0.3 is 0 Å². The van der Waals surface area contributed by atoms with Gasteiger partial charge in [0.15, 0.2) is 0 Å². The number of benzene rings is 2. The Bertz CT molecular complexity index is 1330. The van der Waals surface area contributed by atoms with E-state index in [-0.39, 0.29) is 5.56 Å². The average molecular weight is 400 g/mol. The molecule has 1 N–H and O–H groups in total. The standard InChI is InChI=1S/C24H18F2N4/c1-2-30-23(13-21(29-30)16-5-4-10-27-14-16)15-8-9-20-17(11-15)12-22(28-20)24-18(25)6-3-7-19(24)26/h3-14,28H,2H2,1H3. The van der Waals surface area contributed by atoms with Gasteiger partial charge in [0.2, 0.25) is 0 Å². The summed E-state index contributed by atoms with van der Waals surface area (Å²) in [5.41, 5.74) is 4.93. The molecule has 0 saturated heterocycles. The summed E-state index contributed by atoms with van der Waals surface area (Å²) >= 11 is 0. The molecule has 3 aromatic heterocycles. The first-order valence-electron chi connectivity index (χ1n) is 9.70. The van der Waals surface area contributed by atoms with Gasteiger partial charge in [-0.1, -0.05) is 12.1 Å². The molecule has 0 atom stereocenters. The van der Waals surface area contributed by atoms with Crippen LogP contribution in [-0.4, -0.2) is 19.7 Å². The molecule has 0 radical (unpaired) electrons. The minimum atomic E-state index is -0.591. The predicted molar refractivity (Wildman–Crippen MR) is 114 cm³/mol. The highest BCUT2D eigenvalue weighted by atomic mass is 19.1. The molecule has 3 heterocycles. The first-order valence-corrected chi connectivity index (χ1v) is 9.70. The van der Waals surface area contributed by atoms with Crippen molar-refractivity contribution in [1.29, 1.82) is 0 Å². The van der Waals surface area contributed by atoms with Gasteiger partial charge in [-0.3, -0.25) is 9.67 Å². The van der Waals surface area contributed by atoms with Crippen LogP contribution in [-0.2, 0) is 6.54 Å². The number of halogens is 2. The smallest absolute Gasteiger partial charge is 0.135 e. The fourth-order valence-electron chi connectivity index (χ4n) is 3.73. The maximum atomic E-state index is 14.2. The number of rotatable bonds is 4. The van der Waals surface area contributed by atoms with Crippen molar-refractivity contribution >= 4 is 10.9 Å². The van der Waals surface area contributed by atoms with E-state index < -0.39 is 11.6 Å². The fourth-order valence-corrected chi connectivity index (χ4v) is 3.73. The molecule has 0 fully saturated rings. The van der Waals surface area contributed by atoms with Crippen molar-refractivity contribution in [3.05, 3.63) is 84.7 Å². The molecule has 148 valence electrons. The Morgan fingerprint density at radius 3 is 2.50 bits per heavy atom. The number of H-pyrrole nitrogens is 1. The second-order valence-electron chi connectivity index (χ2n) is 7.05. The molecule has 0 aliphatic carbocycles. The first-order chi connectivity index (χ1) is 14.6. The molecule has 5 aromatic rings. The van der Waals surface area contributed by atoms with Gasteiger partial charge in [-0.25, -0.2) is 8.78 Å². The summed E-state index contributed by atoms with van der Waals surface area (Å²) in [7, 11) is 0. The lowest BCUT2D eigenvalue weighted by Crippen LogP contribution is -1.99. The Hall–Kier alpha value is -3.80. The maximum absolute atomic E-state index is 14.2. The van der Waals surface area contributed by atoms with Crippen molar-refractivity contribution in [2.45, 2.75) is 13.5 Å². The summed E-state index contributed by atoms with van der Waals surface area (Å²) in [6.45, 7) is 2.75. The normalized spacial score (nSPS) is 11.3. The topological polar surface area (TPSA) is 46.5 Å². The number of nitrogens with zero attached hydrogens (tertiary/aromatic N) is 3. The van der Waals surface area contributed by atoms with E-state index >= 15 is 0 Å². The number of fused-ring (bicyclic) bond motifs is 1. The molecule has 5 rings (SSSR count). The largest absolute Gasteiger partial charge is 0.354 e. The lowest BCUT2D eigenvalue weighted by molar-refractivity contribution is 0.589. The molecule has 4 nitrogen and oxygen atoms in total. The third kappa shape index (κ3) is 3.06. The van der Waals surface area contributed by atoms with Gasteiger partial charge in [-0.05, 0) is 55.5 Å². The van der Waals surface area contributed by atoms with E-state index in [1.54, 1.807) is 18.5 Å². The molecule has 0 aliphatic heterocycles. The Balaban J connectivity index is 1.60. The van der Waals surface area contributed by atoms with Crippen LogP contribution in [0.5, 0.6) is 0 Å². The summed E-state index contributed by atoms with van der Waals surface area (Å²) in [5, 5.41) is 5.57. The van der Waals surface area contributed by atoms with Crippen LogP contribution >= 0.6 is 0 Å². The molecule has 0 aliphatic rings. The zero-order valence-electron chi connectivity index (χ0n) is 16.2. The van der Waals surface area contributed by atoms with Gasteiger partial charge in [-0.15, -0.1) is 0 Å². The highest BCUT2D eigenvalue weighted by Crippen LogP contribution is 2.32. The third-order valence-electron chi connectivity index (χ3n) is 5.19. The van der Waals surface area contributed by atoms with Gasteiger partial charge in [0.1, 0.15) is 11.6 Å². The molecule has 0 spiro atoms. The average Bonchev–Trinajstić information content (AvgIpc) is 3.38. The number of hydrogen-bond donors (Lipinski definition) is 1. The van der Waals surface area contributed by atoms with Gasteiger partial charge in [0, 0.05) is 41.0 Å². The van der Waals surface area contributed by atoms with Crippen molar-refractivity contribution < 1.29 is 8.78 Å². The lowest BCUT2D eigenvalue weighted by atomic mass is 10.1. The summed E-state index contributed by atoms with van der Waals surface area (Å²) in [4.78, 5) is 7.29. The van der Waals surface area contributed by atoms with E-state index in [0.29, 0.717) is 12.2 Å². The van der Waals surface area contributed by atoms with E-state index in [0.717, 1.165) is 33.4 Å². The molecule has 0 saturated carbocycles. The monoisotopic (exact) mass is 400 g/mol. The number of hydrogen-bond acceptors (Lipinski definition) is 2. The number of aromatic amines is 1. The lowest BCUT2D eigenvalue weighted by Gasteiger charge is -2.04. The van der Waals surface area contributed by atoms with E-state index in [1.807, 2.05) is 48.0 Å². The number of pyridine rings is 1. The van der Waals surface area contributed by atoms with Crippen molar-refractivity contribution in [2.24, 2.45) is 0 Å². The minimum absolute atomic E-state index is 0.0484. The summed E-state index contributed by atoms with van der Waals surface area (Å²) in [6.07, 6.45) is 3.52. The Kier molecular flexibility index (Phi) is 4.39. The van der Waals surface area contributed by atoms with Crippen LogP contribution in [0.3, 0.4) is 0 Å². The number of aryl methyl sites for hydroxylation is 1. The molecule has 30 heavy (non-hydrogen) atoms. The second kappa shape index (κ2) is 7.22. The Morgan fingerprint density at radius 1 is 0.933 bits per heavy atom. The first kappa shape index (κ1) is 18.2. The summed E-state index contributed by atoms with van der Waals surface area (Å²) in [6, 6.07) is 17.5. The number of nitrogens with one attached hydrogen (secondary N) is 1. The van der Waals surface area contributed by atoms with Crippen molar-refractivity contribution in [1.82, 2.24) is 19.7 Å². The quantitative estimate of drug-likeness (QED) is 0.399. The van der Waals surface area contributed by atoms with E-state index in [1.165, 1.54) is 18.2 Å². The van der Waals surface area contributed by atoms with Crippen LogP contribution in [0, 0.1) is 11.6 Å². The SMILES string of the molecule is CCn1nc(-c2cccnc2)cc1-c1ccc2[nH]c(-c3c(F)cccc3F)cc2c1. The second-order valence-corrected chi connectivity index (χ2v) is 7.05. The summed E-state index contributed by atoms with van der Waals surface area (Å²) in [5.74, 6) is -1.18. The van der Waals surface area contributed by atoms with Crippen LogP contribution in [0.2, 0.25) is 0 Å².